The average Bonchev–Trinajstić information content (AvgIpc) is 3.49. The Morgan fingerprint density at radius 2 is 0.886 bits per heavy atom. The zero-order valence-electron chi connectivity index (χ0n) is 23.9. The quantitative estimate of drug-likeness (QED) is 0.201. The van der Waals surface area contributed by atoms with Gasteiger partial charge in [0.25, 0.3) is 0 Å². The Morgan fingerprint density at radius 3 is 1.68 bits per heavy atom. The van der Waals surface area contributed by atoms with Crippen molar-refractivity contribution in [2.45, 2.75) is 0 Å². The van der Waals surface area contributed by atoms with Gasteiger partial charge in [-0.2, -0.15) is 0 Å². The van der Waals surface area contributed by atoms with E-state index in [1.54, 1.807) is 0 Å². The second-order valence-corrected chi connectivity index (χ2v) is 12.3. The highest BCUT2D eigenvalue weighted by atomic mass is 32.1. The van der Waals surface area contributed by atoms with E-state index in [9.17, 15) is 0 Å². The summed E-state index contributed by atoms with van der Waals surface area (Å²) < 4.78 is 2.64. The van der Waals surface area contributed by atoms with Crippen molar-refractivity contribution in [1.29, 1.82) is 0 Å². The van der Waals surface area contributed by atoms with Crippen LogP contribution in [0.15, 0.2) is 164 Å². The van der Waals surface area contributed by atoms with Gasteiger partial charge in [-0.15, -0.1) is 11.3 Å². The molecule has 206 valence electrons. The highest BCUT2D eigenvalue weighted by Gasteiger charge is 2.20. The first-order chi connectivity index (χ1) is 21.8. The van der Waals surface area contributed by atoms with E-state index in [0.717, 1.165) is 5.69 Å². The lowest BCUT2D eigenvalue weighted by molar-refractivity contribution is 1.32. The van der Waals surface area contributed by atoms with Gasteiger partial charge in [-0.3, -0.25) is 0 Å². The van der Waals surface area contributed by atoms with Crippen LogP contribution in [-0.2, 0) is 0 Å². The smallest absolute Gasteiger partial charge is 0.0640 e. The molecule has 0 spiro atoms. The van der Waals surface area contributed by atoms with Gasteiger partial charge in [0.1, 0.15) is 0 Å². The van der Waals surface area contributed by atoms with Crippen LogP contribution in [0.25, 0.3) is 63.6 Å². The van der Waals surface area contributed by atoms with Gasteiger partial charge in [-0.25, -0.2) is 0 Å². The fraction of sp³-hybridized carbons (Fsp3) is 0. The molecule has 9 rings (SSSR count). The van der Waals surface area contributed by atoms with Crippen molar-refractivity contribution < 1.29 is 0 Å². The van der Waals surface area contributed by atoms with Crippen molar-refractivity contribution in [3.8, 4) is 11.1 Å². The molecule has 1 heterocycles. The summed E-state index contributed by atoms with van der Waals surface area (Å²) in [5.74, 6) is 0. The third-order valence-corrected chi connectivity index (χ3v) is 10.1. The minimum Gasteiger partial charge on any atom is -0.308 e. The molecule has 0 aliphatic carbocycles. The lowest BCUT2D eigenvalue weighted by Gasteiger charge is -2.27. The van der Waals surface area contributed by atoms with E-state index >= 15 is 0 Å². The standard InChI is InChI=1S/C42H27NS/c1-4-15-33-28(10-1)13-7-18-34(33)31-22-25-32(26-23-31)43(39-20-8-14-29-11-2-5-16-35(29)39)40-21-9-19-37-38-27-24-30-12-3-6-17-36(30)41(38)44-42(37)40/h1-27H. The monoisotopic (exact) mass is 577 g/mol. The molecule has 1 nitrogen and oxygen atoms in total. The number of thiophene rings is 1. The first kappa shape index (κ1) is 25.1. The summed E-state index contributed by atoms with van der Waals surface area (Å²) in [6.07, 6.45) is 0. The van der Waals surface area contributed by atoms with Crippen LogP contribution in [0.1, 0.15) is 0 Å². The number of benzene rings is 8. The van der Waals surface area contributed by atoms with Gasteiger partial charge in [-0.1, -0.05) is 140 Å². The van der Waals surface area contributed by atoms with Gasteiger partial charge in [-0.05, 0) is 62.3 Å². The predicted octanol–water partition coefficient (Wildman–Crippen LogP) is 12.7. The highest BCUT2D eigenvalue weighted by Crippen LogP contribution is 2.47. The molecule has 0 bridgehead atoms. The van der Waals surface area contributed by atoms with E-state index in [2.05, 4.69) is 169 Å². The van der Waals surface area contributed by atoms with Crippen LogP contribution >= 0.6 is 11.3 Å². The normalized spacial score (nSPS) is 11.6. The van der Waals surface area contributed by atoms with E-state index in [0.29, 0.717) is 0 Å². The lowest BCUT2D eigenvalue weighted by Crippen LogP contribution is -2.10. The molecule has 0 saturated carbocycles. The maximum atomic E-state index is 2.45. The van der Waals surface area contributed by atoms with Crippen LogP contribution in [0.2, 0.25) is 0 Å². The number of rotatable bonds is 4. The van der Waals surface area contributed by atoms with Gasteiger partial charge < -0.3 is 4.90 Å². The van der Waals surface area contributed by atoms with Crippen molar-refractivity contribution >= 4 is 80.9 Å². The molecule has 0 aliphatic rings. The number of fused-ring (bicyclic) bond motifs is 7. The predicted molar refractivity (Wildman–Crippen MR) is 192 cm³/mol. The van der Waals surface area contributed by atoms with Crippen LogP contribution in [0, 0.1) is 0 Å². The molecule has 0 amide bonds. The first-order valence-corrected chi connectivity index (χ1v) is 15.8. The van der Waals surface area contributed by atoms with Gasteiger partial charge in [0.05, 0.1) is 16.1 Å². The Labute approximate surface area is 259 Å². The Bertz CT molecular complexity index is 2490. The fourth-order valence-corrected chi connectivity index (χ4v) is 8.11. The number of anilines is 3. The average molecular weight is 578 g/mol. The van der Waals surface area contributed by atoms with Gasteiger partial charge in [0.2, 0.25) is 0 Å². The number of hydrogen-bond donors (Lipinski definition) is 0. The van der Waals surface area contributed by atoms with Gasteiger partial charge in [0, 0.05) is 26.5 Å². The number of hydrogen-bond acceptors (Lipinski definition) is 2. The molecule has 0 saturated heterocycles. The minimum absolute atomic E-state index is 1.14. The Balaban J connectivity index is 1.29. The van der Waals surface area contributed by atoms with Crippen molar-refractivity contribution in [1.82, 2.24) is 0 Å². The van der Waals surface area contributed by atoms with Crippen LogP contribution in [0.4, 0.5) is 17.1 Å². The summed E-state index contributed by atoms with van der Waals surface area (Å²) >= 11 is 1.90. The third-order valence-electron chi connectivity index (χ3n) is 8.84. The molecule has 0 atom stereocenters. The molecule has 1 aromatic heterocycles. The summed E-state index contributed by atoms with van der Waals surface area (Å²) in [6, 6.07) is 59.7. The van der Waals surface area contributed by atoms with Crippen molar-refractivity contribution in [3.05, 3.63) is 164 Å². The lowest BCUT2D eigenvalue weighted by atomic mass is 9.98. The molecular weight excluding hydrogens is 551 g/mol. The van der Waals surface area contributed by atoms with Crippen molar-refractivity contribution in [2.24, 2.45) is 0 Å². The molecule has 44 heavy (non-hydrogen) atoms. The van der Waals surface area contributed by atoms with Gasteiger partial charge >= 0.3 is 0 Å². The molecule has 0 unspecified atom stereocenters. The molecule has 0 fully saturated rings. The summed E-state index contributed by atoms with van der Waals surface area (Å²) in [5.41, 5.74) is 5.98. The van der Waals surface area contributed by atoms with Crippen LogP contribution in [-0.4, -0.2) is 0 Å². The molecule has 0 aliphatic heterocycles. The topological polar surface area (TPSA) is 3.24 Å². The number of nitrogens with zero attached hydrogens (tertiary/aromatic N) is 1. The summed E-state index contributed by atoms with van der Waals surface area (Å²) in [5, 5.41) is 10.2. The summed E-state index contributed by atoms with van der Waals surface area (Å²) in [4.78, 5) is 2.45. The molecule has 9 aromatic rings. The second-order valence-electron chi connectivity index (χ2n) is 11.3. The fourth-order valence-electron chi connectivity index (χ4n) is 6.77. The van der Waals surface area contributed by atoms with Crippen molar-refractivity contribution in [3.63, 3.8) is 0 Å². The SMILES string of the molecule is c1ccc2c(-c3ccc(N(c4cccc5ccccc45)c4cccc5c4sc4c6ccccc6ccc54)cc3)cccc2c1. The third kappa shape index (κ3) is 3.92. The molecule has 0 radical (unpaired) electrons. The second kappa shape index (κ2) is 10.1. The van der Waals surface area contributed by atoms with E-state index in [4.69, 9.17) is 0 Å². The van der Waals surface area contributed by atoms with E-state index < -0.39 is 0 Å². The van der Waals surface area contributed by atoms with Crippen LogP contribution < -0.4 is 4.90 Å². The zero-order chi connectivity index (χ0) is 29.0. The summed E-state index contributed by atoms with van der Waals surface area (Å²) in [6.45, 7) is 0. The van der Waals surface area contributed by atoms with E-state index in [-0.39, 0.29) is 0 Å². The molecular formula is C42H27NS. The first-order valence-electron chi connectivity index (χ1n) is 15.0. The van der Waals surface area contributed by atoms with E-state index in [1.807, 2.05) is 11.3 Å². The Morgan fingerprint density at radius 1 is 0.341 bits per heavy atom. The van der Waals surface area contributed by atoms with Gasteiger partial charge in [0.15, 0.2) is 0 Å². The van der Waals surface area contributed by atoms with Crippen LogP contribution in [0.3, 0.4) is 0 Å². The maximum Gasteiger partial charge on any atom is 0.0640 e. The molecule has 0 N–H and O–H groups in total. The Hall–Kier alpha value is -5.44. The highest BCUT2D eigenvalue weighted by molar-refractivity contribution is 7.27. The van der Waals surface area contributed by atoms with E-state index in [1.165, 1.54) is 75.0 Å². The molecule has 2 heteroatoms. The van der Waals surface area contributed by atoms with Crippen molar-refractivity contribution in [2.75, 3.05) is 4.90 Å². The largest absolute Gasteiger partial charge is 0.308 e. The minimum atomic E-state index is 1.14. The zero-order valence-corrected chi connectivity index (χ0v) is 24.8. The Kier molecular flexibility index (Phi) is 5.75. The maximum absolute atomic E-state index is 2.45. The molecule has 8 aromatic carbocycles. The summed E-state index contributed by atoms with van der Waals surface area (Å²) in [7, 11) is 0. The van der Waals surface area contributed by atoms with Crippen LogP contribution in [0.5, 0.6) is 0 Å².